The van der Waals surface area contributed by atoms with Gasteiger partial charge in [0.2, 0.25) is 12.7 Å². The lowest BCUT2D eigenvalue weighted by molar-refractivity contribution is -0.130. The van der Waals surface area contributed by atoms with Crippen LogP contribution in [0.25, 0.3) is 28.0 Å². The number of rotatable bonds is 9. The maximum absolute atomic E-state index is 16.3. The highest BCUT2D eigenvalue weighted by molar-refractivity contribution is 5.85. The standard InChI is InChI=1S/C44H45F2N7O7/c1-24(26-7-9-31-32-10-8-27(13-34(32)44(45,46)33(31)12-26)35-18-48-41(50-35)36-6-5-11-51(36)3)17-47-25(2)37-16-30(22-53(37)40(54)19-49-42(55)57-4)60-43(56)52-20-28-14-38-39(59-23-58-38)15-29(28)21-52/h7-10,12-15,17-18,30,36-37,47H,2,5-6,11,16,19-23H2,1,3-4H3,(H,48,50)(H,49,55)/b24-17+/t30?,36?,37-/m0/s1. The van der Waals surface area contributed by atoms with Crippen molar-refractivity contribution in [3.63, 3.8) is 0 Å². The summed E-state index contributed by atoms with van der Waals surface area (Å²) in [7, 11) is 3.26. The largest absolute Gasteiger partial charge is 0.454 e. The number of carbonyl (C=O) groups excluding carboxylic acids is 3. The van der Waals surface area contributed by atoms with Gasteiger partial charge in [0.25, 0.3) is 5.92 Å². The van der Waals surface area contributed by atoms with E-state index in [0.717, 1.165) is 36.3 Å². The monoisotopic (exact) mass is 821 g/mol. The van der Waals surface area contributed by atoms with Gasteiger partial charge in [-0.15, -0.1) is 0 Å². The van der Waals surface area contributed by atoms with E-state index in [-0.39, 0.29) is 43.5 Å². The molecule has 3 atom stereocenters. The van der Waals surface area contributed by atoms with Crippen LogP contribution >= 0.6 is 0 Å². The predicted molar refractivity (Wildman–Crippen MR) is 216 cm³/mol. The molecule has 4 aromatic rings. The number of H-pyrrole nitrogens is 1. The summed E-state index contributed by atoms with van der Waals surface area (Å²) < 4.78 is 54.1. The number of imidazole rings is 1. The molecule has 0 spiro atoms. The van der Waals surface area contributed by atoms with Crippen LogP contribution in [0, 0.1) is 0 Å². The zero-order chi connectivity index (χ0) is 41.9. The van der Waals surface area contributed by atoms with Crippen molar-refractivity contribution < 1.29 is 42.1 Å². The summed E-state index contributed by atoms with van der Waals surface area (Å²) in [5.41, 5.74) is 5.66. The fraction of sp³-hybridized carbons (Fsp3) is 0.364. The Morgan fingerprint density at radius 1 is 1.05 bits per heavy atom. The van der Waals surface area contributed by atoms with Gasteiger partial charge in [-0.1, -0.05) is 30.8 Å². The minimum absolute atomic E-state index is 0.0554. The van der Waals surface area contributed by atoms with E-state index in [1.54, 1.807) is 48.5 Å². The average Bonchev–Trinajstić information content (AvgIpc) is 4.11. The molecule has 5 aliphatic rings. The number of aromatic amines is 1. The lowest BCUT2D eigenvalue weighted by Crippen LogP contribution is -2.44. The van der Waals surface area contributed by atoms with Crippen molar-refractivity contribution in [2.24, 2.45) is 0 Å². The maximum Gasteiger partial charge on any atom is 0.410 e. The van der Waals surface area contributed by atoms with Gasteiger partial charge < -0.3 is 39.5 Å². The Morgan fingerprint density at radius 3 is 2.47 bits per heavy atom. The summed E-state index contributed by atoms with van der Waals surface area (Å²) in [6.07, 6.45) is 3.70. The van der Waals surface area contributed by atoms with Gasteiger partial charge in [-0.2, -0.15) is 8.78 Å². The Balaban J connectivity index is 0.881. The fourth-order valence-electron chi connectivity index (χ4n) is 8.87. The summed E-state index contributed by atoms with van der Waals surface area (Å²) in [5, 5.41) is 5.57. The Kier molecular flexibility index (Phi) is 9.97. The number of hydrogen-bond acceptors (Lipinski definition) is 10. The fourth-order valence-corrected chi connectivity index (χ4v) is 8.87. The number of amides is 3. The second-order valence-electron chi connectivity index (χ2n) is 15.9. The van der Waals surface area contributed by atoms with E-state index in [9.17, 15) is 14.4 Å². The van der Waals surface area contributed by atoms with Gasteiger partial charge in [0.1, 0.15) is 18.5 Å². The number of nitrogens with zero attached hydrogens (tertiary/aromatic N) is 4. The third-order valence-electron chi connectivity index (χ3n) is 12.2. The molecule has 0 radical (unpaired) electrons. The highest BCUT2D eigenvalue weighted by Gasteiger charge is 2.45. The third kappa shape index (κ3) is 7.07. The van der Waals surface area contributed by atoms with E-state index in [0.29, 0.717) is 63.8 Å². The quantitative estimate of drug-likeness (QED) is 0.168. The number of halogens is 2. The minimum atomic E-state index is -3.24. The molecule has 0 saturated carbocycles. The van der Waals surface area contributed by atoms with Crippen LogP contribution in [0.1, 0.15) is 65.9 Å². The lowest BCUT2D eigenvalue weighted by Gasteiger charge is -2.26. The Morgan fingerprint density at radius 2 is 1.77 bits per heavy atom. The van der Waals surface area contributed by atoms with Crippen molar-refractivity contribution in [1.82, 2.24) is 35.3 Å². The summed E-state index contributed by atoms with van der Waals surface area (Å²) >= 11 is 0. The van der Waals surface area contributed by atoms with Gasteiger partial charge in [-0.05, 0) is 91.0 Å². The molecule has 0 bridgehead atoms. The van der Waals surface area contributed by atoms with Crippen LogP contribution in [-0.4, -0.2) is 95.5 Å². The van der Waals surface area contributed by atoms with Crippen molar-refractivity contribution in [3.05, 3.63) is 107 Å². The lowest BCUT2D eigenvalue weighted by atomic mass is 9.99. The van der Waals surface area contributed by atoms with Gasteiger partial charge in [-0.3, -0.25) is 14.6 Å². The van der Waals surface area contributed by atoms with E-state index in [1.165, 1.54) is 18.1 Å². The first-order valence-corrected chi connectivity index (χ1v) is 19.9. The molecule has 1 aliphatic carbocycles. The van der Waals surface area contributed by atoms with Crippen molar-refractivity contribution in [3.8, 4) is 33.9 Å². The number of alkyl halides is 2. The molecule has 5 heterocycles. The number of carbonyl (C=O) groups is 3. The topological polar surface area (TPSA) is 151 Å². The van der Waals surface area contributed by atoms with Crippen LogP contribution in [0.15, 0.2) is 73.2 Å². The van der Waals surface area contributed by atoms with E-state index in [4.69, 9.17) is 14.2 Å². The van der Waals surface area contributed by atoms with Gasteiger partial charge in [0.15, 0.2) is 11.5 Å². The SMILES string of the molecule is C=C(N/C=C(\C)c1ccc2c(c1)C(F)(F)c1cc(-c3cnc(C4CCCN4C)[nH]3)ccc1-2)[C@@H]1CC(OC(=O)N2Cc3cc4c(cc3C2)OCO4)CN1C(=O)CNC(=O)OC. The summed E-state index contributed by atoms with van der Waals surface area (Å²) in [6, 6.07) is 13.5. The van der Waals surface area contributed by atoms with Crippen LogP contribution in [0.4, 0.5) is 18.4 Å². The highest BCUT2D eigenvalue weighted by Crippen LogP contribution is 2.52. The zero-order valence-corrected chi connectivity index (χ0v) is 33.5. The number of ether oxygens (including phenoxy) is 4. The Hall–Kier alpha value is -6.42. The molecule has 2 fully saturated rings. The highest BCUT2D eigenvalue weighted by atomic mass is 19.3. The van der Waals surface area contributed by atoms with Gasteiger partial charge in [-0.25, -0.2) is 14.6 Å². The van der Waals surface area contributed by atoms with Gasteiger partial charge in [0, 0.05) is 48.1 Å². The first-order valence-electron chi connectivity index (χ1n) is 19.9. The van der Waals surface area contributed by atoms with Crippen molar-refractivity contribution in [2.75, 3.05) is 40.6 Å². The minimum Gasteiger partial charge on any atom is -0.454 e. The molecule has 9 rings (SSSR count). The number of likely N-dealkylation sites (tertiary alicyclic amines) is 2. The molecule has 16 heteroatoms. The smallest absolute Gasteiger partial charge is 0.410 e. The maximum atomic E-state index is 16.3. The van der Waals surface area contributed by atoms with Gasteiger partial charge >= 0.3 is 12.2 Å². The number of methoxy groups -OCH3 is 1. The first-order chi connectivity index (χ1) is 28.9. The Labute approximate surface area is 345 Å². The normalized spacial score (nSPS) is 21.1. The van der Waals surface area contributed by atoms with Crippen molar-refractivity contribution in [2.45, 2.75) is 63.4 Å². The molecule has 3 N–H and O–H groups in total. The molecule has 2 saturated heterocycles. The van der Waals surface area contributed by atoms with E-state index < -0.39 is 36.2 Å². The van der Waals surface area contributed by atoms with E-state index in [2.05, 4.69) is 43.9 Å². The number of aromatic nitrogens is 2. The third-order valence-corrected chi connectivity index (χ3v) is 12.2. The number of allylic oxidation sites excluding steroid dienone is 1. The molecule has 60 heavy (non-hydrogen) atoms. The number of hydrogen-bond donors (Lipinski definition) is 3. The zero-order valence-electron chi connectivity index (χ0n) is 33.5. The summed E-state index contributed by atoms with van der Waals surface area (Å²) in [5.74, 6) is -1.57. The Bertz CT molecular complexity index is 2420. The second-order valence-corrected chi connectivity index (χ2v) is 15.9. The van der Waals surface area contributed by atoms with Crippen LogP contribution < -0.4 is 20.1 Å². The predicted octanol–water partition coefficient (Wildman–Crippen LogP) is 6.63. The molecule has 3 amide bonds. The number of alkyl carbamates (subject to hydrolysis) is 1. The molecular formula is C44H45F2N7O7. The van der Waals surface area contributed by atoms with Crippen molar-refractivity contribution >= 4 is 23.7 Å². The number of fused-ring (bicyclic) bond motifs is 5. The van der Waals surface area contributed by atoms with Crippen LogP contribution in [-0.2, 0) is 33.3 Å². The van der Waals surface area contributed by atoms with Gasteiger partial charge in [0.05, 0.1) is 37.6 Å². The van der Waals surface area contributed by atoms with Crippen LogP contribution in [0.5, 0.6) is 11.5 Å². The first kappa shape index (κ1) is 39.1. The second kappa shape index (κ2) is 15.3. The molecule has 2 unspecified atom stereocenters. The average molecular weight is 822 g/mol. The molecule has 14 nitrogen and oxygen atoms in total. The van der Waals surface area contributed by atoms with E-state index in [1.807, 2.05) is 18.2 Å². The molecule has 3 aromatic carbocycles. The summed E-state index contributed by atoms with van der Waals surface area (Å²) in [6.45, 7) is 7.51. The van der Waals surface area contributed by atoms with Crippen LogP contribution in [0.2, 0.25) is 0 Å². The summed E-state index contributed by atoms with van der Waals surface area (Å²) in [4.78, 5) is 51.9. The number of benzene rings is 3. The van der Waals surface area contributed by atoms with E-state index >= 15 is 8.78 Å². The molecule has 312 valence electrons. The van der Waals surface area contributed by atoms with Crippen LogP contribution in [0.3, 0.4) is 0 Å². The number of nitrogens with one attached hydrogen (secondary N) is 3. The molecule has 4 aliphatic heterocycles. The molecular weight excluding hydrogens is 777 g/mol. The molecule has 1 aromatic heterocycles. The van der Waals surface area contributed by atoms with Crippen molar-refractivity contribution in [1.29, 1.82) is 0 Å².